The van der Waals surface area contributed by atoms with E-state index in [1.807, 2.05) is 0 Å². The summed E-state index contributed by atoms with van der Waals surface area (Å²) in [6, 6.07) is 4.67. The topological polar surface area (TPSA) is 84.9 Å². The summed E-state index contributed by atoms with van der Waals surface area (Å²) in [5, 5.41) is 11.4. The van der Waals surface area contributed by atoms with Crippen LogP contribution in [0.4, 0.5) is 0 Å². The number of carbonyl (C=O) groups is 2. The Hall–Kier alpha value is -1.79. The van der Waals surface area contributed by atoms with Gasteiger partial charge in [-0.3, -0.25) is 9.59 Å². The molecule has 6 nitrogen and oxygen atoms in total. The zero-order valence-corrected chi connectivity index (χ0v) is 11.8. The minimum atomic E-state index is -0.979. The van der Waals surface area contributed by atoms with E-state index in [2.05, 4.69) is 5.32 Å². The standard InChI is InChI=1S/C13H16ClNO5/c1-19-6-7-20-11-3-2-9(14)8-10(11)13(18)15-5-4-12(16)17/h2-3,8H,4-7H2,1H3,(H,15,18)(H,16,17). The van der Waals surface area contributed by atoms with Crippen LogP contribution in [0.15, 0.2) is 18.2 Å². The van der Waals surface area contributed by atoms with Crippen molar-refractivity contribution in [2.24, 2.45) is 0 Å². The van der Waals surface area contributed by atoms with Crippen LogP contribution < -0.4 is 10.1 Å². The molecule has 0 atom stereocenters. The van der Waals surface area contributed by atoms with Crippen LogP contribution in [0.25, 0.3) is 0 Å². The SMILES string of the molecule is COCCOc1ccc(Cl)cc1C(=O)NCCC(=O)O. The van der Waals surface area contributed by atoms with Crippen molar-refractivity contribution in [1.82, 2.24) is 5.32 Å². The monoisotopic (exact) mass is 301 g/mol. The lowest BCUT2D eigenvalue weighted by molar-refractivity contribution is -0.136. The number of halogens is 1. The molecule has 0 bridgehead atoms. The van der Waals surface area contributed by atoms with Crippen LogP contribution in [-0.2, 0) is 9.53 Å². The van der Waals surface area contributed by atoms with E-state index in [4.69, 9.17) is 26.2 Å². The van der Waals surface area contributed by atoms with Gasteiger partial charge in [0.25, 0.3) is 5.91 Å². The summed E-state index contributed by atoms with van der Waals surface area (Å²) in [5.41, 5.74) is 0.263. The first-order valence-electron chi connectivity index (χ1n) is 5.96. The Morgan fingerprint density at radius 2 is 2.10 bits per heavy atom. The van der Waals surface area contributed by atoms with E-state index in [9.17, 15) is 9.59 Å². The summed E-state index contributed by atoms with van der Waals surface area (Å²) in [6.07, 6.45) is -0.147. The highest BCUT2D eigenvalue weighted by Crippen LogP contribution is 2.22. The van der Waals surface area contributed by atoms with Crippen molar-refractivity contribution < 1.29 is 24.2 Å². The molecule has 110 valence electrons. The molecule has 0 aliphatic carbocycles. The molecule has 7 heteroatoms. The van der Waals surface area contributed by atoms with Crippen molar-refractivity contribution in [2.45, 2.75) is 6.42 Å². The highest BCUT2D eigenvalue weighted by Gasteiger charge is 2.13. The largest absolute Gasteiger partial charge is 0.490 e. The molecule has 0 aromatic heterocycles. The van der Waals surface area contributed by atoms with E-state index in [0.717, 1.165) is 0 Å². The molecule has 0 heterocycles. The van der Waals surface area contributed by atoms with Gasteiger partial charge in [0.2, 0.25) is 0 Å². The molecule has 1 aromatic carbocycles. The lowest BCUT2D eigenvalue weighted by atomic mass is 10.2. The van der Waals surface area contributed by atoms with Gasteiger partial charge in [0, 0.05) is 18.7 Å². The quantitative estimate of drug-likeness (QED) is 0.712. The van der Waals surface area contributed by atoms with Crippen LogP contribution in [0.3, 0.4) is 0 Å². The van der Waals surface area contributed by atoms with Gasteiger partial charge in [-0.05, 0) is 18.2 Å². The second-order valence-electron chi connectivity index (χ2n) is 3.88. The highest BCUT2D eigenvalue weighted by molar-refractivity contribution is 6.31. The van der Waals surface area contributed by atoms with Crippen molar-refractivity contribution in [3.05, 3.63) is 28.8 Å². The summed E-state index contributed by atoms with van der Waals surface area (Å²) in [6.45, 7) is 0.731. The Kier molecular flexibility index (Phi) is 6.83. The first-order chi connectivity index (χ1) is 9.54. The van der Waals surface area contributed by atoms with Crippen LogP contribution in [0, 0.1) is 0 Å². The Balaban J connectivity index is 2.71. The minimum Gasteiger partial charge on any atom is -0.490 e. The Labute approximate surface area is 121 Å². The number of nitrogens with one attached hydrogen (secondary N) is 1. The van der Waals surface area contributed by atoms with Crippen molar-refractivity contribution in [3.8, 4) is 5.75 Å². The average molecular weight is 302 g/mol. The normalized spacial score (nSPS) is 10.1. The van der Waals surface area contributed by atoms with Gasteiger partial charge in [0.15, 0.2) is 0 Å². The predicted molar refractivity (Wildman–Crippen MR) is 73.4 cm³/mol. The lowest BCUT2D eigenvalue weighted by Gasteiger charge is -2.11. The van der Waals surface area contributed by atoms with Crippen molar-refractivity contribution in [2.75, 3.05) is 26.9 Å². The van der Waals surface area contributed by atoms with E-state index in [-0.39, 0.29) is 18.5 Å². The lowest BCUT2D eigenvalue weighted by Crippen LogP contribution is -2.26. The number of methoxy groups -OCH3 is 1. The summed E-state index contributed by atoms with van der Waals surface area (Å²) in [7, 11) is 1.55. The number of ether oxygens (including phenoxy) is 2. The van der Waals surface area contributed by atoms with Gasteiger partial charge in [-0.1, -0.05) is 11.6 Å². The fraction of sp³-hybridized carbons (Fsp3) is 0.385. The molecule has 0 fully saturated rings. The van der Waals surface area contributed by atoms with Crippen molar-refractivity contribution in [3.63, 3.8) is 0 Å². The maximum absolute atomic E-state index is 12.0. The third-order valence-electron chi connectivity index (χ3n) is 2.36. The second-order valence-corrected chi connectivity index (χ2v) is 4.32. The first kappa shape index (κ1) is 16.3. The molecule has 0 unspecified atom stereocenters. The predicted octanol–water partition coefficient (Wildman–Crippen LogP) is 1.57. The van der Waals surface area contributed by atoms with Gasteiger partial charge in [-0.15, -0.1) is 0 Å². The molecule has 0 saturated carbocycles. The third kappa shape index (κ3) is 5.46. The summed E-state index contributed by atoms with van der Waals surface area (Å²) in [5.74, 6) is -1.03. The number of hydrogen-bond donors (Lipinski definition) is 2. The van der Waals surface area contributed by atoms with Gasteiger partial charge in [0.1, 0.15) is 12.4 Å². The number of rotatable bonds is 8. The maximum Gasteiger partial charge on any atom is 0.305 e. The van der Waals surface area contributed by atoms with Crippen molar-refractivity contribution in [1.29, 1.82) is 0 Å². The van der Waals surface area contributed by atoms with Gasteiger partial charge in [-0.25, -0.2) is 0 Å². The molecule has 20 heavy (non-hydrogen) atoms. The number of carboxylic acid groups (broad SMARTS) is 1. The highest BCUT2D eigenvalue weighted by atomic mass is 35.5. The first-order valence-corrected chi connectivity index (χ1v) is 6.33. The molecule has 1 aromatic rings. The van der Waals surface area contributed by atoms with Crippen LogP contribution >= 0.6 is 11.6 Å². The summed E-state index contributed by atoms with van der Waals surface area (Å²) < 4.78 is 10.3. The van der Waals surface area contributed by atoms with E-state index in [0.29, 0.717) is 24.0 Å². The van der Waals surface area contributed by atoms with E-state index in [1.54, 1.807) is 19.2 Å². The second kappa shape index (κ2) is 8.39. The molecular weight excluding hydrogens is 286 g/mol. The molecule has 0 saturated heterocycles. The van der Waals surface area contributed by atoms with E-state index < -0.39 is 11.9 Å². The average Bonchev–Trinajstić information content (AvgIpc) is 2.40. The summed E-state index contributed by atoms with van der Waals surface area (Å²) >= 11 is 5.85. The molecular formula is C13H16ClNO5. The number of hydrogen-bond acceptors (Lipinski definition) is 4. The molecule has 0 aliphatic rings. The molecule has 0 aliphatic heterocycles. The third-order valence-corrected chi connectivity index (χ3v) is 2.59. The van der Waals surface area contributed by atoms with Gasteiger partial charge < -0.3 is 19.9 Å². The Morgan fingerprint density at radius 3 is 2.75 bits per heavy atom. The molecule has 1 amide bonds. The summed E-state index contributed by atoms with van der Waals surface area (Å²) in [4.78, 5) is 22.4. The van der Waals surface area contributed by atoms with Gasteiger partial charge in [0.05, 0.1) is 18.6 Å². The van der Waals surface area contributed by atoms with Gasteiger partial charge >= 0.3 is 5.97 Å². The number of benzene rings is 1. The van der Waals surface area contributed by atoms with Crippen LogP contribution in [0.5, 0.6) is 5.75 Å². The van der Waals surface area contributed by atoms with Crippen LogP contribution in [0.1, 0.15) is 16.8 Å². The maximum atomic E-state index is 12.0. The van der Waals surface area contributed by atoms with Crippen LogP contribution in [0.2, 0.25) is 5.02 Å². The Bertz CT molecular complexity index is 478. The van der Waals surface area contributed by atoms with Gasteiger partial charge in [-0.2, -0.15) is 0 Å². The zero-order chi connectivity index (χ0) is 15.0. The molecule has 0 radical (unpaired) electrons. The number of amides is 1. The number of carboxylic acids is 1. The van der Waals surface area contributed by atoms with E-state index in [1.165, 1.54) is 6.07 Å². The van der Waals surface area contributed by atoms with Crippen molar-refractivity contribution >= 4 is 23.5 Å². The minimum absolute atomic E-state index is 0.0399. The fourth-order valence-electron chi connectivity index (χ4n) is 1.42. The van der Waals surface area contributed by atoms with Crippen LogP contribution in [-0.4, -0.2) is 43.9 Å². The molecule has 0 spiro atoms. The molecule has 2 N–H and O–H groups in total. The molecule has 1 rings (SSSR count). The fourth-order valence-corrected chi connectivity index (χ4v) is 1.59. The zero-order valence-electron chi connectivity index (χ0n) is 11.0. The van der Waals surface area contributed by atoms with E-state index >= 15 is 0 Å². The number of carbonyl (C=O) groups excluding carboxylic acids is 1. The number of aliphatic carboxylic acids is 1. The smallest absolute Gasteiger partial charge is 0.305 e. The Morgan fingerprint density at radius 1 is 1.35 bits per heavy atom.